The molecule has 0 aromatic carbocycles. The van der Waals surface area contributed by atoms with E-state index in [0.717, 1.165) is 0 Å². The molecule has 0 atom stereocenters. The number of hydrogen-bond donors (Lipinski definition) is 0. The predicted octanol–water partition coefficient (Wildman–Crippen LogP) is 4.70. The molecular formula is C8F17O3S-. The van der Waals surface area contributed by atoms with Gasteiger partial charge in [-0.05, 0) is 0 Å². The van der Waals surface area contributed by atoms with E-state index >= 15 is 0 Å². The van der Waals surface area contributed by atoms with Gasteiger partial charge in [0.2, 0.25) is 0 Å². The van der Waals surface area contributed by atoms with Gasteiger partial charge in [-0.15, -0.1) is 0 Å². The molecule has 0 N–H and O–H groups in total. The van der Waals surface area contributed by atoms with Gasteiger partial charge >= 0.3 is 47.0 Å². The summed E-state index contributed by atoms with van der Waals surface area (Å²) in [6, 6.07) is 0. The second-order valence-corrected chi connectivity index (χ2v) is 6.36. The second-order valence-electron chi connectivity index (χ2n) is 4.94. The summed E-state index contributed by atoms with van der Waals surface area (Å²) >= 11 is 0. The third kappa shape index (κ3) is 3.26. The minimum absolute atomic E-state index is 8.22. The van der Waals surface area contributed by atoms with Crippen LogP contribution in [0.25, 0.3) is 0 Å². The van der Waals surface area contributed by atoms with Crippen molar-refractivity contribution in [1.82, 2.24) is 0 Å². The highest BCUT2D eigenvalue weighted by atomic mass is 32.2. The zero-order valence-corrected chi connectivity index (χ0v) is 12.9. The van der Waals surface area contributed by atoms with Crippen LogP contribution in [0.5, 0.6) is 0 Å². The maximum Gasteiger partial charge on any atom is 0.454 e. The lowest BCUT2D eigenvalue weighted by atomic mass is 9.70. The minimum atomic E-state index is -9.37. The normalized spacial score (nSPS) is 16.9. The molecule has 0 aromatic rings. The summed E-state index contributed by atoms with van der Waals surface area (Å²) < 4.78 is 247. The van der Waals surface area contributed by atoms with E-state index < -0.39 is 57.1 Å². The van der Waals surface area contributed by atoms with Gasteiger partial charge in [-0.1, -0.05) is 0 Å². The summed E-state index contributed by atoms with van der Waals surface area (Å²) in [7, 11) is -8.35. The SMILES string of the molecule is O=S(=O)([O-])C(F)(F)C(F)(F)C(F)(F)C(C(F)(F)F)(C(F)(F)F)C(F)(F)C(F)(F)F. The Labute approximate surface area is 146 Å². The summed E-state index contributed by atoms with van der Waals surface area (Å²) in [5.74, 6) is -27.2. The van der Waals surface area contributed by atoms with Crippen LogP contribution in [0.1, 0.15) is 0 Å². The van der Waals surface area contributed by atoms with Crippen LogP contribution >= 0.6 is 0 Å². The van der Waals surface area contributed by atoms with Crippen molar-refractivity contribution in [2.24, 2.45) is 5.41 Å². The number of rotatable bonds is 5. The van der Waals surface area contributed by atoms with E-state index in [-0.39, 0.29) is 0 Å². The molecule has 21 heteroatoms. The van der Waals surface area contributed by atoms with Crippen molar-refractivity contribution >= 4 is 10.1 Å². The van der Waals surface area contributed by atoms with Gasteiger partial charge in [0.15, 0.2) is 10.1 Å². The number of halogens is 17. The summed E-state index contributed by atoms with van der Waals surface area (Å²) in [5.41, 5.74) is -9.37. The Bertz CT molecular complexity index is 709. The van der Waals surface area contributed by atoms with Gasteiger partial charge in [0.25, 0.3) is 0 Å². The fraction of sp³-hybridized carbons (Fsp3) is 1.00. The fourth-order valence-corrected chi connectivity index (χ4v) is 2.30. The highest BCUT2D eigenvalue weighted by Gasteiger charge is 3.02. The van der Waals surface area contributed by atoms with Crippen LogP contribution in [0, 0.1) is 5.41 Å². The van der Waals surface area contributed by atoms with Gasteiger partial charge in [-0.25, -0.2) is 8.42 Å². The Morgan fingerprint density at radius 3 is 0.897 bits per heavy atom. The molecule has 0 spiro atoms. The molecule has 0 saturated carbocycles. The Morgan fingerprint density at radius 1 is 0.448 bits per heavy atom. The van der Waals surface area contributed by atoms with Crippen LogP contribution in [-0.2, 0) is 10.1 Å². The van der Waals surface area contributed by atoms with E-state index in [0.29, 0.717) is 0 Å². The van der Waals surface area contributed by atoms with Crippen LogP contribution in [0.2, 0.25) is 0 Å². The van der Waals surface area contributed by atoms with E-state index in [1.165, 1.54) is 0 Å². The van der Waals surface area contributed by atoms with Crippen LogP contribution in [0.3, 0.4) is 0 Å². The third-order valence-electron chi connectivity index (χ3n) is 3.22. The number of alkyl halides is 17. The molecule has 0 saturated heterocycles. The molecule has 0 rings (SSSR count). The molecule has 0 aliphatic rings. The lowest BCUT2D eigenvalue weighted by Crippen LogP contribution is -2.79. The molecule has 0 aromatic heterocycles. The lowest BCUT2D eigenvalue weighted by Gasteiger charge is -2.49. The van der Waals surface area contributed by atoms with Crippen LogP contribution in [0.4, 0.5) is 74.6 Å². The van der Waals surface area contributed by atoms with Crippen molar-refractivity contribution in [3.63, 3.8) is 0 Å². The Balaban J connectivity index is 7.85. The Kier molecular flexibility index (Phi) is 6.08. The Hall–Kier alpha value is -1.28. The zero-order chi connectivity index (χ0) is 24.5. The molecule has 0 bridgehead atoms. The number of hydrogen-bond acceptors (Lipinski definition) is 3. The first-order valence-corrected chi connectivity index (χ1v) is 7.08. The average molecular weight is 499 g/mol. The highest BCUT2D eigenvalue weighted by Crippen LogP contribution is 2.73. The van der Waals surface area contributed by atoms with E-state index in [1.54, 1.807) is 0 Å². The van der Waals surface area contributed by atoms with Crippen LogP contribution in [-0.4, -0.2) is 54.5 Å². The lowest BCUT2D eigenvalue weighted by molar-refractivity contribution is -0.513. The van der Waals surface area contributed by atoms with Gasteiger partial charge in [0, 0.05) is 0 Å². The summed E-state index contributed by atoms with van der Waals surface area (Å²) in [6.07, 6.45) is -26.1. The summed E-state index contributed by atoms with van der Waals surface area (Å²) in [6.45, 7) is 0. The van der Waals surface area contributed by atoms with Crippen molar-refractivity contribution in [2.45, 2.75) is 41.6 Å². The molecule has 176 valence electrons. The van der Waals surface area contributed by atoms with Gasteiger partial charge in [-0.3, -0.25) is 0 Å². The van der Waals surface area contributed by atoms with Crippen LogP contribution in [0.15, 0.2) is 0 Å². The van der Waals surface area contributed by atoms with Crippen molar-refractivity contribution in [1.29, 1.82) is 0 Å². The molecule has 0 heterocycles. The first kappa shape index (κ1) is 27.7. The Morgan fingerprint density at radius 2 is 0.724 bits per heavy atom. The molecule has 0 aliphatic heterocycles. The maximum atomic E-state index is 13.5. The third-order valence-corrected chi connectivity index (χ3v) is 4.11. The quantitative estimate of drug-likeness (QED) is 0.407. The molecule has 0 amide bonds. The van der Waals surface area contributed by atoms with Crippen molar-refractivity contribution < 1.29 is 87.6 Å². The standard InChI is InChI=1S/C8HF17O3S/c9-2(10,4(13,14)8(24,25)29(26,27)28)1(5(15,16)17,6(18,19)20)3(11,12)7(21,22)23/h(H,26,27,28)/p-1. The topological polar surface area (TPSA) is 57.2 Å². The molecule has 29 heavy (non-hydrogen) atoms. The molecular weight excluding hydrogens is 499 g/mol. The van der Waals surface area contributed by atoms with Crippen LogP contribution < -0.4 is 0 Å². The molecule has 0 unspecified atom stereocenters. The highest BCUT2D eigenvalue weighted by molar-refractivity contribution is 7.86. The van der Waals surface area contributed by atoms with E-state index in [4.69, 9.17) is 0 Å². The van der Waals surface area contributed by atoms with E-state index in [2.05, 4.69) is 0 Å². The summed E-state index contributed by atoms with van der Waals surface area (Å²) in [4.78, 5) is 0. The van der Waals surface area contributed by atoms with Crippen molar-refractivity contribution in [3.8, 4) is 0 Å². The predicted molar refractivity (Wildman–Crippen MR) is 50.1 cm³/mol. The van der Waals surface area contributed by atoms with E-state index in [1.807, 2.05) is 0 Å². The molecule has 3 nitrogen and oxygen atoms in total. The van der Waals surface area contributed by atoms with E-state index in [9.17, 15) is 87.6 Å². The average Bonchev–Trinajstić information content (AvgIpc) is 2.30. The first-order chi connectivity index (χ1) is 12.0. The molecule has 0 aliphatic carbocycles. The van der Waals surface area contributed by atoms with Gasteiger partial charge < -0.3 is 4.55 Å². The zero-order valence-electron chi connectivity index (χ0n) is 12.1. The largest absolute Gasteiger partial charge is 0.743 e. The van der Waals surface area contributed by atoms with Gasteiger partial charge in [-0.2, -0.15) is 74.6 Å². The first-order valence-electron chi connectivity index (χ1n) is 5.67. The van der Waals surface area contributed by atoms with Gasteiger partial charge in [0.1, 0.15) is 0 Å². The smallest absolute Gasteiger partial charge is 0.454 e. The molecule has 0 radical (unpaired) electrons. The minimum Gasteiger partial charge on any atom is -0.743 e. The monoisotopic (exact) mass is 499 g/mol. The van der Waals surface area contributed by atoms with Crippen molar-refractivity contribution in [2.75, 3.05) is 0 Å². The van der Waals surface area contributed by atoms with Crippen molar-refractivity contribution in [3.05, 3.63) is 0 Å². The maximum absolute atomic E-state index is 13.5. The second kappa shape index (κ2) is 6.36. The van der Waals surface area contributed by atoms with Gasteiger partial charge in [0.05, 0.1) is 0 Å². The summed E-state index contributed by atoms with van der Waals surface area (Å²) in [5, 5.41) is -8.22. The molecule has 0 fully saturated rings. The fourth-order valence-electron chi connectivity index (χ4n) is 1.86.